The Balaban J connectivity index is 1.14. The van der Waals surface area contributed by atoms with Crippen LogP contribution in [0.15, 0.2) is 42.0 Å². The Bertz CT molecular complexity index is 1900. The second-order valence-corrected chi connectivity index (χ2v) is 20.0. The Hall–Kier alpha value is -3.01. The maximum absolute atomic E-state index is 15.2. The van der Waals surface area contributed by atoms with Crippen molar-refractivity contribution in [1.82, 2.24) is 4.90 Å². The number of hydrogen-bond acceptors (Lipinski definition) is 13. The van der Waals surface area contributed by atoms with Gasteiger partial charge in [-0.1, -0.05) is 55.8 Å². The number of carbonyl (C=O) groups excluding carboxylic acids is 3. The Kier molecular flexibility index (Phi) is 14.9. The van der Waals surface area contributed by atoms with Crippen LogP contribution in [0, 0.1) is 48.3 Å². The van der Waals surface area contributed by atoms with Crippen LogP contribution in [0.4, 0.5) is 0 Å². The average Bonchev–Trinajstić information content (AvgIpc) is 3.86. The van der Waals surface area contributed by atoms with Crippen LogP contribution in [0.5, 0.6) is 0 Å². The van der Waals surface area contributed by atoms with Crippen LogP contribution < -0.4 is 0 Å². The molecule has 5 fully saturated rings. The number of nitrogens with zero attached hydrogens (tertiary/aromatic N) is 1. The molecule has 0 amide bonds. The Morgan fingerprint density at radius 2 is 1.53 bits per heavy atom. The lowest BCUT2D eigenvalue weighted by Gasteiger charge is -2.49. The summed E-state index contributed by atoms with van der Waals surface area (Å²) >= 11 is 0. The van der Waals surface area contributed by atoms with E-state index in [1.807, 2.05) is 52.0 Å². The lowest BCUT2D eigenvalue weighted by molar-refractivity contribution is -0.314. The zero-order valence-electron chi connectivity index (χ0n) is 39.6. The highest BCUT2D eigenvalue weighted by atomic mass is 16.7. The number of ether oxygens (including phenoxy) is 9. The van der Waals surface area contributed by atoms with E-state index in [2.05, 4.69) is 38.1 Å². The van der Waals surface area contributed by atoms with Crippen molar-refractivity contribution in [2.24, 2.45) is 41.4 Å². The largest absolute Gasteiger partial charge is 0.462 e. The molecule has 0 bridgehead atoms. The first-order valence-electron chi connectivity index (χ1n) is 24.1. The molecule has 64 heavy (non-hydrogen) atoms. The zero-order valence-corrected chi connectivity index (χ0v) is 39.6. The van der Waals surface area contributed by atoms with E-state index in [9.17, 15) is 9.59 Å². The summed E-state index contributed by atoms with van der Waals surface area (Å²) in [5, 5.41) is 0. The molecule has 7 aliphatic rings. The number of likely N-dealkylation sites (N-methyl/N-ethyl adjacent to an activating group) is 1. The maximum atomic E-state index is 15.2. The van der Waals surface area contributed by atoms with Gasteiger partial charge in [0.2, 0.25) is 0 Å². The number of ketones is 1. The molecule has 4 aliphatic heterocycles. The standard InChI is InChI=1S/C51H73NO12/c1-11-31-16-13-17-41(63-43-19-18-40(52(6)7)28(4)59-43)27(3)45(54)38-24-36-34-21-32(62-51-49(58-10)48(57-9)46(56-8)29(5)60-51)22-35(34)39-23-33(30-15-12-14-26(2)20-30)50(55)64-47(39)44(36)37(38)25-42(53)61-31/h12,14-15,20,23-24,27-29,31-32,34-37,39-41,43-44,46-49,51H,11,13,16-19,21-22,25H2,1-10H3/t27-,28?,29?,31+,32+,34-,35-,36+,37-,39?,40+,41+,43+,44-,46+,47?,48?,49+,51+/m1/s1. The van der Waals surface area contributed by atoms with Crippen molar-refractivity contribution in [3.63, 3.8) is 0 Å². The second kappa shape index (κ2) is 20.1. The van der Waals surface area contributed by atoms with Crippen LogP contribution in [-0.4, -0.2) is 132 Å². The quantitative estimate of drug-likeness (QED) is 0.227. The lowest BCUT2D eigenvalue weighted by Crippen LogP contribution is -2.59. The number of rotatable bonds is 10. The van der Waals surface area contributed by atoms with Crippen molar-refractivity contribution in [2.75, 3.05) is 35.4 Å². The number of aryl methyl sites for hydroxylation is 1. The van der Waals surface area contributed by atoms with Crippen molar-refractivity contribution in [2.45, 2.75) is 166 Å². The first-order chi connectivity index (χ1) is 30.7. The minimum Gasteiger partial charge on any atom is -0.462 e. The van der Waals surface area contributed by atoms with Crippen LogP contribution >= 0.6 is 0 Å². The van der Waals surface area contributed by atoms with E-state index in [4.69, 9.17) is 42.6 Å². The molecule has 4 heterocycles. The third-order valence-corrected chi connectivity index (χ3v) is 16.1. The highest BCUT2D eigenvalue weighted by Gasteiger charge is 2.62. The van der Waals surface area contributed by atoms with E-state index >= 15 is 4.79 Å². The van der Waals surface area contributed by atoms with Crippen LogP contribution in [0.1, 0.15) is 96.6 Å². The summed E-state index contributed by atoms with van der Waals surface area (Å²) in [6.45, 7) is 10.1. The Morgan fingerprint density at radius 1 is 0.797 bits per heavy atom. The summed E-state index contributed by atoms with van der Waals surface area (Å²) in [6, 6.07) is 8.24. The molecule has 13 nitrogen and oxygen atoms in total. The van der Waals surface area contributed by atoms with E-state index in [1.165, 1.54) is 0 Å². The third kappa shape index (κ3) is 9.31. The average molecular weight is 892 g/mol. The lowest BCUT2D eigenvalue weighted by atomic mass is 9.59. The molecule has 1 aromatic rings. The van der Waals surface area contributed by atoms with Crippen molar-refractivity contribution in [1.29, 1.82) is 0 Å². The van der Waals surface area contributed by atoms with Gasteiger partial charge in [-0.25, -0.2) is 4.79 Å². The minimum atomic E-state index is -0.710. The van der Waals surface area contributed by atoms with Crippen LogP contribution in [0.25, 0.3) is 5.57 Å². The van der Waals surface area contributed by atoms with Gasteiger partial charge in [0, 0.05) is 51.0 Å². The molecule has 8 rings (SSSR count). The summed E-state index contributed by atoms with van der Waals surface area (Å²) in [5.41, 5.74) is 3.02. The fourth-order valence-corrected chi connectivity index (χ4v) is 12.9. The number of allylic oxidation sites excluding steroid dienone is 2. The number of methoxy groups -OCH3 is 3. The highest BCUT2D eigenvalue weighted by molar-refractivity contribution is 6.17. The third-order valence-electron chi connectivity index (χ3n) is 16.1. The van der Waals surface area contributed by atoms with Gasteiger partial charge in [-0.15, -0.1) is 0 Å². The predicted octanol–water partition coefficient (Wildman–Crippen LogP) is 6.86. The smallest absolute Gasteiger partial charge is 0.338 e. The Labute approximate surface area is 380 Å². The van der Waals surface area contributed by atoms with Crippen LogP contribution in [0.3, 0.4) is 0 Å². The number of esters is 2. The monoisotopic (exact) mass is 892 g/mol. The minimum absolute atomic E-state index is 0.0177. The molecule has 0 N–H and O–H groups in total. The molecular weight excluding hydrogens is 819 g/mol. The van der Waals surface area contributed by atoms with Gasteiger partial charge in [-0.3, -0.25) is 9.59 Å². The number of hydrogen-bond donors (Lipinski definition) is 0. The Morgan fingerprint density at radius 3 is 2.20 bits per heavy atom. The fraction of sp³-hybridized carbons (Fsp3) is 0.745. The summed E-state index contributed by atoms with van der Waals surface area (Å²) in [7, 11) is 9.08. The molecule has 0 spiro atoms. The molecule has 0 radical (unpaired) electrons. The number of cyclic esters (lactones) is 1. The number of Topliss-reactive ketones (excluding diaryl/α,β-unsaturated/α-hetero) is 1. The molecule has 3 saturated heterocycles. The van der Waals surface area contributed by atoms with E-state index in [0.29, 0.717) is 49.3 Å². The van der Waals surface area contributed by atoms with E-state index < -0.39 is 48.8 Å². The number of benzene rings is 1. The van der Waals surface area contributed by atoms with Gasteiger partial charge in [0.1, 0.15) is 30.5 Å². The van der Waals surface area contributed by atoms with Crippen LogP contribution in [-0.2, 0) is 57.0 Å². The molecule has 354 valence electrons. The van der Waals surface area contributed by atoms with Crippen molar-refractivity contribution >= 4 is 23.3 Å². The van der Waals surface area contributed by atoms with Gasteiger partial charge in [0.25, 0.3) is 0 Å². The molecule has 1 aromatic carbocycles. The van der Waals surface area contributed by atoms with Crippen molar-refractivity contribution < 1.29 is 57.0 Å². The number of carbonyl (C=O) groups is 3. The van der Waals surface area contributed by atoms with Crippen molar-refractivity contribution in [3.8, 4) is 0 Å². The summed E-state index contributed by atoms with van der Waals surface area (Å²) in [6.07, 6.45) is 5.90. The molecule has 0 aromatic heterocycles. The molecular formula is C51H73NO12. The summed E-state index contributed by atoms with van der Waals surface area (Å²) in [5.74, 6) is -2.30. The molecule has 2 saturated carbocycles. The van der Waals surface area contributed by atoms with Gasteiger partial charge in [0.15, 0.2) is 18.4 Å². The van der Waals surface area contributed by atoms with Gasteiger partial charge in [-0.05, 0) is 115 Å². The zero-order chi connectivity index (χ0) is 45.6. The molecule has 3 aliphatic carbocycles. The van der Waals surface area contributed by atoms with Gasteiger partial charge in [0.05, 0.1) is 36.4 Å². The molecule has 5 unspecified atom stereocenters. The summed E-state index contributed by atoms with van der Waals surface area (Å²) < 4.78 is 57.2. The van der Waals surface area contributed by atoms with E-state index in [-0.39, 0.29) is 84.3 Å². The second-order valence-electron chi connectivity index (χ2n) is 20.0. The first kappa shape index (κ1) is 47.5. The van der Waals surface area contributed by atoms with Crippen LogP contribution in [0.2, 0.25) is 0 Å². The normalized spacial score (nSPS) is 42.8. The van der Waals surface area contributed by atoms with Gasteiger partial charge < -0.3 is 47.5 Å². The van der Waals surface area contributed by atoms with E-state index in [1.54, 1.807) is 21.3 Å². The van der Waals surface area contributed by atoms with Gasteiger partial charge in [-0.2, -0.15) is 0 Å². The SMILES string of the molecule is CC[C@H]1CCC[C@H](O[C@H]2CC[C@H](N(C)C)C(C)O2)[C@@H](C)C(=O)C2=C[C@H]3[C@@H]4C[C@H](O[C@@H]5OC(C)[C@H](OC)C(OC)[C@@H]5OC)C[C@H]4C4C=C(c5cccc(C)c5)C(=O)OC4[C@H]3[C@@H]2CC(=O)O1. The fourth-order valence-electron chi connectivity index (χ4n) is 12.9. The molecule has 13 heteroatoms. The summed E-state index contributed by atoms with van der Waals surface area (Å²) in [4.78, 5) is 45.8. The first-order valence-corrected chi connectivity index (χ1v) is 24.1. The molecule has 19 atom stereocenters. The topological polar surface area (TPSA) is 138 Å². The van der Waals surface area contributed by atoms with E-state index in [0.717, 1.165) is 30.4 Å². The van der Waals surface area contributed by atoms with Crippen molar-refractivity contribution in [3.05, 3.63) is 53.1 Å². The highest BCUT2D eigenvalue weighted by Crippen LogP contribution is 2.61. The maximum Gasteiger partial charge on any atom is 0.338 e. The van der Waals surface area contributed by atoms with Gasteiger partial charge >= 0.3 is 11.9 Å². The predicted molar refractivity (Wildman–Crippen MR) is 238 cm³/mol. The number of fused-ring (bicyclic) bond motifs is 8.